The van der Waals surface area contributed by atoms with Crippen molar-refractivity contribution in [3.05, 3.63) is 69.3 Å². The van der Waals surface area contributed by atoms with Crippen molar-refractivity contribution in [1.29, 1.82) is 0 Å². The predicted molar refractivity (Wildman–Crippen MR) is 77.4 cm³/mol. The molecule has 2 N–H and O–H groups in total. The molecule has 0 aromatic heterocycles. The normalized spacial score (nSPS) is 11.1. The first-order valence-corrected chi connectivity index (χ1v) is 6.60. The Morgan fingerprint density at radius 3 is 2.54 bits per heavy atom. The lowest BCUT2D eigenvalue weighted by molar-refractivity contribution is -0.384. The van der Waals surface area contributed by atoms with E-state index in [-0.39, 0.29) is 29.1 Å². The number of aromatic hydroxyl groups is 1. The Balaban J connectivity index is 2.14. The minimum atomic E-state index is -4.57. The lowest BCUT2D eigenvalue weighted by Crippen LogP contribution is -2.23. The molecule has 126 valence electrons. The van der Waals surface area contributed by atoms with Crippen LogP contribution in [0.25, 0.3) is 0 Å². The van der Waals surface area contributed by atoms with Crippen LogP contribution in [0.15, 0.2) is 42.5 Å². The molecule has 0 atom stereocenters. The zero-order chi connectivity index (χ0) is 17.9. The molecule has 0 unspecified atom stereocenters. The lowest BCUT2D eigenvalue weighted by atomic mass is 10.1. The van der Waals surface area contributed by atoms with E-state index < -0.39 is 22.6 Å². The summed E-state index contributed by atoms with van der Waals surface area (Å²) < 4.78 is 37.9. The molecule has 0 aliphatic rings. The van der Waals surface area contributed by atoms with E-state index in [1.54, 1.807) is 0 Å². The van der Waals surface area contributed by atoms with Gasteiger partial charge in [0.05, 0.1) is 10.5 Å². The monoisotopic (exact) mass is 340 g/mol. The largest absolute Gasteiger partial charge is 0.508 e. The molecule has 2 aromatic carbocycles. The van der Waals surface area contributed by atoms with Crippen molar-refractivity contribution in [3.63, 3.8) is 0 Å². The summed E-state index contributed by atoms with van der Waals surface area (Å²) in [5.41, 5.74) is -1.39. The number of phenolic OH excluding ortho intramolecular Hbond substituents is 1. The summed E-state index contributed by atoms with van der Waals surface area (Å²) in [7, 11) is 0. The van der Waals surface area contributed by atoms with Gasteiger partial charge in [-0.3, -0.25) is 14.9 Å². The van der Waals surface area contributed by atoms with Gasteiger partial charge in [0, 0.05) is 29.8 Å². The van der Waals surface area contributed by atoms with E-state index in [0.717, 1.165) is 30.3 Å². The number of nitrogens with zero attached hydrogens (tertiary/aromatic N) is 1. The molecule has 1 amide bonds. The summed E-state index contributed by atoms with van der Waals surface area (Å²) >= 11 is 0. The zero-order valence-corrected chi connectivity index (χ0v) is 12.0. The molecule has 24 heavy (non-hydrogen) atoms. The minimum Gasteiger partial charge on any atom is -0.508 e. The van der Waals surface area contributed by atoms with Crippen LogP contribution in [0.4, 0.5) is 18.9 Å². The first-order valence-electron chi connectivity index (χ1n) is 6.60. The van der Waals surface area contributed by atoms with Gasteiger partial charge in [0.25, 0.3) is 11.6 Å². The molecule has 0 saturated carbocycles. The number of phenols is 1. The van der Waals surface area contributed by atoms with Gasteiger partial charge >= 0.3 is 6.18 Å². The fourth-order valence-corrected chi connectivity index (χ4v) is 1.94. The third kappa shape index (κ3) is 4.00. The molecule has 0 fully saturated rings. The van der Waals surface area contributed by atoms with Crippen molar-refractivity contribution in [3.8, 4) is 5.75 Å². The molecular weight excluding hydrogens is 329 g/mol. The Bertz CT molecular complexity index is 791. The van der Waals surface area contributed by atoms with E-state index in [9.17, 15) is 33.2 Å². The SMILES string of the molecule is O=C(NCc1cc([N+](=O)[O-])ccc1O)c1cccc(C(F)(F)F)c1. The average molecular weight is 340 g/mol. The smallest absolute Gasteiger partial charge is 0.416 e. The highest BCUT2D eigenvalue weighted by atomic mass is 19.4. The Hall–Kier alpha value is -3.10. The molecule has 9 heteroatoms. The van der Waals surface area contributed by atoms with Gasteiger partial charge in [-0.2, -0.15) is 13.2 Å². The standard InChI is InChI=1S/C15H11F3N2O4/c16-15(17,18)11-3-1-2-9(6-11)14(22)19-8-10-7-12(20(23)24)4-5-13(10)21/h1-7,21H,8H2,(H,19,22). The first-order chi connectivity index (χ1) is 11.2. The second-order valence-electron chi connectivity index (χ2n) is 4.83. The van der Waals surface area contributed by atoms with Crippen LogP contribution in [-0.2, 0) is 12.7 Å². The average Bonchev–Trinajstić information content (AvgIpc) is 2.53. The molecule has 0 heterocycles. The van der Waals surface area contributed by atoms with Gasteiger partial charge in [-0.15, -0.1) is 0 Å². The van der Waals surface area contributed by atoms with Crippen molar-refractivity contribution in [2.75, 3.05) is 0 Å². The van der Waals surface area contributed by atoms with E-state index in [2.05, 4.69) is 5.32 Å². The van der Waals surface area contributed by atoms with E-state index in [0.29, 0.717) is 6.07 Å². The molecule has 2 aromatic rings. The Morgan fingerprint density at radius 2 is 1.92 bits per heavy atom. The van der Waals surface area contributed by atoms with Crippen molar-refractivity contribution in [1.82, 2.24) is 5.32 Å². The number of halogens is 3. The van der Waals surface area contributed by atoms with E-state index in [1.165, 1.54) is 6.07 Å². The van der Waals surface area contributed by atoms with Crippen molar-refractivity contribution < 1.29 is 28.0 Å². The third-order valence-electron chi connectivity index (χ3n) is 3.17. The number of nitro groups is 1. The van der Waals surface area contributed by atoms with Crippen LogP contribution in [0.5, 0.6) is 5.75 Å². The van der Waals surface area contributed by atoms with Gasteiger partial charge in [0.1, 0.15) is 5.75 Å². The summed E-state index contributed by atoms with van der Waals surface area (Å²) in [6.07, 6.45) is -4.57. The second kappa shape index (κ2) is 6.57. The van der Waals surface area contributed by atoms with Crippen molar-refractivity contribution >= 4 is 11.6 Å². The van der Waals surface area contributed by atoms with Crippen LogP contribution in [-0.4, -0.2) is 15.9 Å². The number of nitrogens with one attached hydrogen (secondary N) is 1. The quantitative estimate of drug-likeness (QED) is 0.660. The van der Waals surface area contributed by atoms with Crippen LogP contribution < -0.4 is 5.32 Å². The van der Waals surface area contributed by atoms with Crippen LogP contribution in [0.1, 0.15) is 21.5 Å². The van der Waals surface area contributed by atoms with Gasteiger partial charge in [-0.1, -0.05) is 6.07 Å². The number of hydrogen-bond acceptors (Lipinski definition) is 4. The fourth-order valence-electron chi connectivity index (χ4n) is 1.94. The van der Waals surface area contributed by atoms with E-state index in [4.69, 9.17) is 0 Å². The summed E-state index contributed by atoms with van der Waals surface area (Å²) in [4.78, 5) is 21.9. The first kappa shape index (κ1) is 17.3. The maximum Gasteiger partial charge on any atom is 0.416 e. The molecule has 6 nitrogen and oxygen atoms in total. The zero-order valence-electron chi connectivity index (χ0n) is 12.0. The Labute approximate surface area is 133 Å². The number of benzene rings is 2. The minimum absolute atomic E-state index is 0.0736. The molecule has 0 aliphatic heterocycles. The fraction of sp³-hybridized carbons (Fsp3) is 0.133. The summed E-state index contributed by atoms with van der Waals surface area (Å²) in [6.45, 7) is -0.275. The third-order valence-corrected chi connectivity index (χ3v) is 3.17. The van der Waals surface area contributed by atoms with E-state index in [1.807, 2.05) is 0 Å². The highest BCUT2D eigenvalue weighted by Crippen LogP contribution is 2.29. The maximum atomic E-state index is 12.6. The number of rotatable bonds is 4. The van der Waals surface area contributed by atoms with Crippen LogP contribution in [0.2, 0.25) is 0 Å². The Morgan fingerprint density at radius 1 is 1.21 bits per heavy atom. The molecule has 0 radical (unpaired) electrons. The highest BCUT2D eigenvalue weighted by molar-refractivity contribution is 5.94. The molecular formula is C15H11F3N2O4. The van der Waals surface area contributed by atoms with Crippen LogP contribution in [0, 0.1) is 10.1 Å². The highest BCUT2D eigenvalue weighted by Gasteiger charge is 2.30. The molecule has 2 rings (SSSR count). The molecule has 0 saturated heterocycles. The summed E-state index contributed by atoms with van der Waals surface area (Å²) in [5, 5.41) is 22.6. The van der Waals surface area contributed by atoms with Gasteiger partial charge in [0.15, 0.2) is 0 Å². The maximum absolute atomic E-state index is 12.6. The van der Waals surface area contributed by atoms with Crippen LogP contribution in [0.3, 0.4) is 0 Å². The number of carbonyl (C=O) groups excluding carboxylic acids is 1. The predicted octanol–water partition coefficient (Wildman–Crippen LogP) is 3.25. The second-order valence-corrected chi connectivity index (χ2v) is 4.83. The topological polar surface area (TPSA) is 92.5 Å². The van der Waals surface area contributed by atoms with Gasteiger partial charge in [-0.05, 0) is 24.3 Å². The summed E-state index contributed by atoms with van der Waals surface area (Å²) in [5.74, 6) is -1.07. The number of carbonyl (C=O) groups is 1. The molecule has 0 spiro atoms. The van der Waals surface area contributed by atoms with Crippen LogP contribution >= 0.6 is 0 Å². The van der Waals surface area contributed by atoms with Gasteiger partial charge in [0.2, 0.25) is 0 Å². The van der Waals surface area contributed by atoms with Gasteiger partial charge < -0.3 is 10.4 Å². The number of amides is 1. The number of non-ortho nitro benzene ring substituents is 1. The number of hydrogen-bond donors (Lipinski definition) is 2. The number of nitro benzene ring substituents is 1. The van der Waals surface area contributed by atoms with Crippen molar-refractivity contribution in [2.24, 2.45) is 0 Å². The van der Waals surface area contributed by atoms with Gasteiger partial charge in [-0.25, -0.2) is 0 Å². The Kier molecular flexibility index (Phi) is 4.72. The lowest BCUT2D eigenvalue weighted by Gasteiger charge is -2.10. The molecule has 0 aliphatic carbocycles. The molecule has 0 bridgehead atoms. The summed E-state index contributed by atoms with van der Waals surface area (Å²) in [6, 6.07) is 7.10. The number of alkyl halides is 3. The van der Waals surface area contributed by atoms with E-state index >= 15 is 0 Å². The van der Waals surface area contributed by atoms with Crippen molar-refractivity contribution in [2.45, 2.75) is 12.7 Å².